The molecule has 9 heteroatoms. The highest BCUT2D eigenvalue weighted by Gasteiger charge is 2.12. The zero-order valence-corrected chi connectivity index (χ0v) is 16.4. The second-order valence-corrected chi connectivity index (χ2v) is 7.63. The number of aromatic nitrogens is 4. The molecule has 136 valence electrons. The molecule has 0 unspecified atom stereocenters. The monoisotopic (exact) mass is 417 g/mol. The summed E-state index contributed by atoms with van der Waals surface area (Å²) in [5.74, 6) is -0.116. The summed E-state index contributed by atoms with van der Waals surface area (Å²) < 4.78 is 0. The van der Waals surface area contributed by atoms with Crippen molar-refractivity contribution in [3.8, 4) is 0 Å². The zero-order chi connectivity index (χ0) is 19.0. The van der Waals surface area contributed by atoms with E-state index in [9.17, 15) is 4.79 Å². The summed E-state index contributed by atoms with van der Waals surface area (Å²) in [5.41, 5.74) is 3.92. The predicted molar refractivity (Wildman–Crippen MR) is 110 cm³/mol. The van der Waals surface area contributed by atoms with E-state index in [0.29, 0.717) is 32.1 Å². The number of thioether (sulfide) groups is 1. The molecule has 0 fully saturated rings. The van der Waals surface area contributed by atoms with Crippen molar-refractivity contribution in [1.29, 1.82) is 0 Å². The molecule has 4 aromatic rings. The maximum absolute atomic E-state index is 12.2. The Kier molecular flexibility index (Phi) is 4.90. The molecular weight excluding hydrogens is 405 g/mol. The van der Waals surface area contributed by atoms with Crippen LogP contribution in [0.5, 0.6) is 0 Å². The van der Waals surface area contributed by atoms with Crippen molar-refractivity contribution in [2.45, 2.75) is 12.1 Å². The lowest BCUT2D eigenvalue weighted by Gasteiger charge is -2.07. The van der Waals surface area contributed by atoms with E-state index >= 15 is 0 Å². The first-order valence-electron chi connectivity index (χ1n) is 8.00. The molecule has 2 aromatic heterocycles. The van der Waals surface area contributed by atoms with Crippen LogP contribution in [0.15, 0.2) is 41.6 Å². The van der Waals surface area contributed by atoms with Crippen molar-refractivity contribution in [3.63, 3.8) is 0 Å². The summed E-state index contributed by atoms with van der Waals surface area (Å²) in [6.45, 7) is 2.02. The van der Waals surface area contributed by atoms with Crippen LogP contribution in [0.3, 0.4) is 0 Å². The number of aryl methyl sites for hydroxylation is 1. The van der Waals surface area contributed by atoms with Gasteiger partial charge in [0.15, 0.2) is 5.65 Å². The van der Waals surface area contributed by atoms with Gasteiger partial charge in [-0.25, -0.2) is 4.98 Å². The Hall–Kier alpha value is -2.35. The van der Waals surface area contributed by atoms with Crippen LogP contribution in [-0.4, -0.2) is 31.8 Å². The molecular formula is C18H13Cl2N5OS. The van der Waals surface area contributed by atoms with Crippen LogP contribution < -0.4 is 5.32 Å². The van der Waals surface area contributed by atoms with Gasteiger partial charge in [-0.2, -0.15) is 0 Å². The summed E-state index contributed by atoms with van der Waals surface area (Å²) in [7, 11) is 0. The van der Waals surface area contributed by atoms with Gasteiger partial charge in [0.05, 0.1) is 21.5 Å². The zero-order valence-electron chi connectivity index (χ0n) is 14.1. The van der Waals surface area contributed by atoms with Crippen LogP contribution in [0.25, 0.3) is 22.1 Å². The minimum absolute atomic E-state index is 0.120. The highest BCUT2D eigenvalue weighted by atomic mass is 35.5. The summed E-state index contributed by atoms with van der Waals surface area (Å²) in [5, 5.41) is 13.2. The van der Waals surface area contributed by atoms with E-state index in [1.54, 1.807) is 18.2 Å². The van der Waals surface area contributed by atoms with Crippen molar-refractivity contribution in [3.05, 3.63) is 52.0 Å². The van der Waals surface area contributed by atoms with E-state index < -0.39 is 0 Å². The number of halogens is 2. The van der Waals surface area contributed by atoms with Crippen LogP contribution in [0.4, 0.5) is 5.69 Å². The Balaban J connectivity index is 1.49. The molecule has 27 heavy (non-hydrogen) atoms. The van der Waals surface area contributed by atoms with E-state index in [1.807, 2.05) is 25.1 Å². The minimum Gasteiger partial charge on any atom is -0.338 e. The number of hydrogen-bond acceptors (Lipinski definition) is 5. The molecule has 4 rings (SSSR count). The number of nitrogens with zero attached hydrogens (tertiary/aromatic N) is 3. The molecule has 0 aliphatic heterocycles. The summed E-state index contributed by atoms with van der Waals surface area (Å²) >= 11 is 13.2. The van der Waals surface area contributed by atoms with Gasteiger partial charge < -0.3 is 10.3 Å². The van der Waals surface area contributed by atoms with Crippen molar-refractivity contribution in [1.82, 2.24) is 20.2 Å². The fraction of sp³-hybridized carbons (Fsp3) is 0.111. The molecule has 2 N–H and O–H groups in total. The third-order valence-corrected chi connectivity index (χ3v) is 5.57. The van der Waals surface area contributed by atoms with Gasteiger partial charge in [-0.05, 0) is 31.2 Å². The van der Waals surface area contributed by atoms with Crippen molar-refractivity contribution in [2.24, 2.45) is 0 Å². The average molecular weight is 418 g/mol. The van der Waals surface area contributed by atoms with Gasteiger partial charge in [0.25, 0.3) is 0 Å². The molecule has 2 heterocycles. The van der Waals surface area contributed by atoms with Crippen LogP contribution in [0.1, 0.15) is 5.56 Å². The Labute approximate surface area is 168 Å². The van der Waals surface area contributed by atoms with Gasteiger partial charge in [0, 0.05) is 10.9 Å². The van der Waals surface area contributed by atoms with Gasteiger partial charge in [-0.1, -0.05) is 52.7 Å². The number of carbonyl (C=O) groups excluding carboxylic acids is 1. The molecule has 0 saturated carbocycles. The Bertz CT molecular complexity index is 1180. The maximum atomic E-state index is 12.2. The van der Waals surface area contributed by atoms with E-state index in [0.717, 1.165) is 16.5 Å². The van der Waals surface area contributed by atoms with Gasteiger partial charge in [0.1, 0.15) is 5.52 Å². The first kappa shape index (κ1) is 18.0. The number of aromatic amines is 1. The number of H-pyrrole nitrogens is 1. The van der Waals surface area contributed by atoms with Crippen LogP contribution in [0.2, 0.25) is 10.0 Å². The summed E-state index contributed by atoms with van der Waals surface area (Å²) in [6.07, 6.45) is 0. The fourth-order valence-corrected chi connectivity index (χ4v) is 3.58. The molecule has 0 aliphatic carbocycles. The first-order chi connectivity index (χ1) is 13.0. The summed E-state index contributed by atoms with van der Waals surface area (Å²) in [6, 6.07) is 11.1. The lowest BCUT2D eigenvalue weighted by Crippen LogP contribution is -2.14. The highest BCUT2D eigenvalue weighted by molar-refractivity contribution is 7.99. The Morgan fingerprint density at radius 2 is 2.07 bits per heavy atom. The first-order valence-corrected chi connectivity index (χ1v) is 9.75. The van der Waals surface area contributed by atoms with Crippen molar-refractivity contribution < 1.29 is 4.79 Å². The Morgan fingerprint density at radius 3 is 2.93 bits per heavy atom. The van der Waals surface area contributed by atoms with Crippen molar-refractivity contribution in [2.75, 3.05) is 11.1 Å². The average Bonchev–Trinajstić information content (AvgIpc) is 3.01. The van der Waals surface area contributed by atoms with Gasteiger partial charge >= 0.3 is 0 Å². The van der Waals surface area contributed by atoms with Crippen LogP contribution in [-0.2, 0) is 4.79 Å². The molecule has 0 bridgehead atoms. The summed E-state index contributed by atoms with van der Waals surface area (Å²) in [4.78, 5) is 19.9. The molecule has 0 radical (unpaired) electrons. The third-order valence-electron chi connectivity index (χ3n) is 3.91. The minimum atomic E-state index is -0.236. The SMILES string of the molecule is Cc1ccc2[nH]c3nc(SCC(=O)Nc4cccc(Cl)c4Cl)nnc3c2c1. The molecule has 0 atom stereocenters. The van der Waals surface area contributed by atoms with Gasteiger partial charge in [-0.15, -0.1) is 10.2 Å². The normalized spacial score (nSPS) is 11.2. The predicted octanol–water partition coefficient (Wildman–Crippen LogP) is 4.85. The van der Waals surface area contributed by atoms with Gasteiger partial charge in [-0.3, -0.25) is 4.79 Å². The van der Waals surface area contributed by atoms with E-state index in [1.165, 1.54) is 11.8 Å². The molecule has 2 aromatic carbocycles. The number of nitrogens with one attached hydrogen (secondary N) is 2. The number of benzene rings is 2. The molecule has 1 amide bonds. The smallest absolute Gasteiger partial charge is 0.234 e. The fourth-order valence-electron chi connectivity index (χ4n) is 2.65. The number of amides is 1. The molecule has 0 saturated heterocycles. The van der Waals surface area contributed by atoms with E-state index in [4.69, 9.17) is 23.2 Å². The molecule has 0 spiro atoms. The number of hydrogen-bond donors (Lipinski definition) is 2. The number of carbonyl (C=O) groups is 1. The maximum Gasteiger partial charge on any atom is 0.234 e. The number of anilines is 1. The highest BCUT2D eigenvalue weighted by Crippen LogP contribution is 2.30. The standard InChI is InChI=1S/C18H13Cl2N5OS/c1-9-5-6-12-10(7-9)16-17(22-12)23-18(25-24-16)27-8-14(26)21-13-4-2-3-11(19)15(13)20/h2-7H,8H2,1H3,(H,21,26)(H,22,23,25). The lowest BCUT2D eigenvalue weighted by molar-refractivity contribution is -0.113. The van der Waals surface area contributed by atoms with Crippen molar-refractivity contribution >= 4 is 68.6 Å². The van der Waals surface area contributed by atoms with Crippen LogP contribution >= 0.6 is 35.0 Å². The molecule has 0 aliphatic rings. The largest absolute Gasteiger partial charge is 0.338 e. The second kappa shape index (κ2) is 7.34. The van der Waals surface area contributed by atoms with Crippen LogP contribution in [0, 0.1) is 6.92 Å². The quantitative estimate of drug-likeness (QED) is 0.463. The second-order valence-electron chi connectivity index (χ2n) is 5.90. The Morgan fingerprint density at radius 1 is 1.22 bits per heavy atom. The topological polar surface area (TPSA) is 83.6 Å². The number of rotatable bonds is 4. The van der Waals surface area contributed by atoms with E-state index in [2.05, 4.69) is 25.5 Å². The van der Waals surface area contributed by atoms with E-state index in [-0.39, 0.29) is 11.7 Å². The molecule has 6 nitrogen and oxygen atoms in total. The lowest BCUT2D eigenvalue weighted by atomic mass is 10.2. The number of fused-ring (bicyclic) bond motifs is 3. The van der Waals surface area contributed by atoms with Gasteiger partial charge in [0.2, 0.25) is 11.1 Å². The third kappa shape index (κ3) is 3.71.